The standard InChI is InChI=1S/C14H21N3OS.2ClH/c1-2-13(11-3-5-15-6-4-11)17-14(18)9-12-10-19-8-7-16-12;;/h3-6,12-13,16H,2,7-10H2,1H3,(H,17,18);2*1H. The number of pyridine rings is 1. The van der Waals surface area contributed by atoms with Crippen LogP contribution < -0.4 is 10.6 Å². The predicted octanol–water partition coefficient (Wildman–Crippen LogP) is 2.59. The number of hydrogen-bond acceptors (Lipinski definition) is 4. The van der Waals surface area contributed by atoms with Gasteiger partial charge in [-0.05, 0) is 24.1 Å². The van der Waals surface area contributed by atoms with Crippen molar-refractivity contribution in [2.45, 2.75) is 31.8 Å². The van der Waals surface area contributed by atoms with Gasteiger partial charge in [-0.1, -0.05) is 6.92 Å². The molecule has 0 aromatic carbocycles. The molecule has 1 fully saturated rings. The Morgan fingerprint density at radius 2 is 2.19 bits per heavy atom. The van der Waals surface area contributed by atoms with Crippen LogP contribution in [0, 0.1) is 0 Å². The Bertz CT molecular complexity index is 402. The van der Waals surface area contributed by atoms with Crippen LogP contribution in [0.25, 0.3) is 0 Å². The van der Waals surface area contributed by atoms with E-state index in [0.29, 0.717) is 12.5 Å². The lowest BCUT2D eigenvalue weighted by atomic mass is 10.1. The number of hydrogen-bond donors (Lipinski definition) is 2. The first kappa shape index (κ1) is 20.5. The molecule has 7 heteroatoms. The normalized spacial score (nSPS) is 18.8. The van der Waals surface area contributed by atoms with Crippen molar-refractivity contribution in [3.8, 4) is 0 Å². The zero-order valence-corrected chi connectivity index (χ0v) is 14.5. The minimum Gasteiger partial charge on any atom is -0.349 e. The first-order valence-corrected chi connectivity index (χ1v) is 7.95. The van der Waals surface area contributed by atoms with Gasteiger partial charge < -0.3 is 10.6 Å². The molecule has 2 heterocycles. The van der Waals surface area contributed by atoms with Crippen molar-refractivity contribution in [3.63, 3.8) is 0 Å². The van der Waals surface area contributed by atoms with Crippen molar-refractivity contribution in [2.24, 2.45) is 0 Å². The molecular weight excluding hydrogens is 329 g/mol. The predicted molar refractivity (Wildman–Crippen MR) is 93.6 cm³/mol. The number of rotatable bonds is 5. The minimum absolute atomic E-state index is 0. The molecule has 0 bridgehead atoms. The molecule has 1 aliphatic rings. The highest BCUT2D eigenvalue weighted by Gasteiger charge is 2.19. The van der Waals surface area contributed by atoms with Crippen molar-refractivity contribution in [1.29, 1.82) is 0 Å². The van der Waals surface area contributed by atoms with Gasteiger partial charge in [0.25, 0.3) is 0 Å². The summed E-state index contributed by atoms with van der Waals surface area (Å²) in [6, 6.07) is 4.33. The van der Waals surface area contributed by atoms with E-state index in [-0.39, 0.29) is 36.8 Å². The lowest BCUT2D eigenvalue weighted by Crippen LogP contribution is -2.41. The van der Waals surface area contributed by atoms with Gasteiger partial charge in [0, 0.05) is 42.9 Å². The van der Waals surface area contributed by atoms with Crippen LogP contribution in [0.2, 0.25) is 0 Å². The van der Waals surface area contributed by atoms with Gasteiger partial charge in [-0.3, -0.25) is 9.78 Å². The topological polar surface area (TPSA) is 54.0 Å². The maximum absolute atomic E-state index is 12.1. The molecule has 2 atom stereocenters. The number of nitrogens with zero attached hydrogens (tertiary/aromatic N) is 1. The average molecular weight is 352 g/mol. The van der Waals surface area contributed by atoms with Crippen LogP contribution in [0.3, 0.4) is 0 Å². The summed E-state index contributed by atoms with van der Waals surface area (Å²) in [5.74, 6) is 2.30. The fourth-order valence-electron chi connectivity index (χ4n) is 2.24. The quantitative estimate of drug-likeness (QED) is 0.855. The first-order valence-electron chi connectivity index (χ1n) is 6.80. The lowest BCUT2D eigenvalue weighted by Gasteiger charge is -2.24. The molecule has 1 saturated heterocycles. The second-order valence-corrected chi connectivity index (χ2v) is 5.89. The molecule has 0 saturated carbocycles. The van der Waals surface area contributed by atoms with E-state index in [1.54, 1.807) is 12.4 Å². The van der Waals surface area contributed by atoms with Crippen LogP contribution in [-0.2, 0) is 4.79 Å². The van der Waals surface area contributed by atoms with Crippen LogP contribution in [-0.4, -0.2) is 35.0 Å². The smallest absolute Gasteiger partial charge is 0.222 e. The van der Waals surface area contributed by atoms with Crippen LogP contribution in [0.5, 0.6) is 0 Å². The highest BCUT2D eigenvalue weighted by atomic mass is 35.5. The van der Waals surface area contributed by atoms with Gasteiger partial charge in [0.15, 0.2) is 0 Å². The van der Waals surface area contributed by atoms with Gasteiger partial charge >= 0.3 is 0 Å². The molecule has 1 aliphatic heterocycles. The summed E-state index contributed by atoms with van der Waals surface area (Å²) in [7, 11) is 0. The number of aromatic nitrogens is 1. The maximum atomic E-state index is 12.1. The number of carbonyl (C=O) groups is 1. The molecule has 4 nitrogen and oxygen atoms in total. The van der Waals surface area contributed by atoms with E-state index < -0.39 is 0 Å². The number of halogens is 2. The number of nitrogens with one attached hydrogen (secondary N) is 2. The number of thioether (sulfide) groups is 1. The van der Waals surface area contributed by atoms with E-state index in [0.717, 1.165) is 30.0 Å². The average Bonchev–Trinajstić information content (AvgIpc) is 2.47. The van der Waals surface area contributed by atoms with E-state index in [1.165, 1.54) is 0 Å². The van der Waals surface area contributed by atoms with Crippen molar-refractivity contribution in [1.82, 2.24) is 15.6 Å². The summed E-state index contributed by atoms with van der Waals surface area (Å²) in [6.45, 7) is 3.09. The largest absolute Gasteiger partial charge is 0.349 e. The zero-order chi connectivity index (χ0) is 13.5. The summed E-state index contributed by atoms with van der Waals surface area (Å²) >= 11 is 1.92. The maximum Gasteiger partial charge on any atom is 0.222 e. The van der Waals surface area contributed by atoms with Crippen LogP contribution in [0.15, 0.2) is 24.5 Å². The molecular formula is C14H23Cl2N3OS. The van der Waals surface area contributed by atoms with E-state index in [9.17, 15) is 4.79 Å². The minimum atomic E-state index is 0. The number of amides is 1. The van der Waals surface area contributed by atoms with Gasteiger partial charge in [-0.15, -0.1) is 24.8 Å². The second kappa shape index (κ2) is 11.1. The summed E-state index contributed by atoms with van der Waals surface area (Å²) in [5, 5.41) is 6.50. The van der Waals surface area contributed by atoms with Crippen LogP contribution >= 0.6 is 36.6 Å². The molecule has 2 N–H and O–H groups in total. The molecule has 21 heavy (non-hydrogen) atoms. The van der Waals surface area contributed by atoms with Gasteiger partial charge in [0.1, 0.15) is 0 Å². The Kier molecular flexibility index (Phi) is 10.9. The van der Waals surface area contributed by atoms with E-state index in [1.807, 2.05) is 23.9 Å². The third-order valence-corrected chi connectivity index (χ3v) is 4.41. The van der Waals surface area contributed by atoms with Gasteiger partial charge in [0.05, 0.1) is 6.04 Å². The Morgan fingerprint density at radius 3 is 2.76 bits per heavy atom. The second-order valence-electron chi connectivity index (χ2n) is 4.74. The third-order valence-electron chi connectivity index (χ3n) is 3.28. The van der Waals surface area contributed by atoms with Crippen molar-refractivity contribution in [2.75, 3.05) is 18.1 Å². The van der Waals surface area contributed by atoms with Crippen molar-refractivity contribution >= 4 is 42.5 Å². The molecule has 2 rings (SSSR count). The lowest BCUT2D eigenvalue weighted by molar-refractivity contribution is -0.122. The Labute approximate surface area is 143 Å². The van der Waals surface area contributed by atoms with Crippen molar-refractivity contribution < 1.29 is 4.79 Å². The summed E-state index contributed by atoms with van der Waals surface area (Å²) < 4.78 is 0. The molecule has 1 aromatic heterocycles. The fraction of sp³-hybridized carbons (Fsp3) is 0.571. The zero-order valence-electron chi connectivity index (χ0n) is 12.1. The molecule has 2 unspecified atom stereocenters. The third kappa shape index (κ3) is 6.87. The molecule has 120 valence electrons. The van der Waals surface area contributed by atoms with E-state index >= 15 is 0 Å². The first-order chi connectivity index (χ1) is 9.29. The summed E-state index contributed by atoms with van der Waals surface area (Å²) in [6.07, 6.45) is 4.99. The Morgan fingerprint density at radius 1 is 1.48 bits per heavy atom. The SMILES string of the molecule is CCC(NC(=O)CC1CSCCN1)c1ccncc1.Cl.Cl. The highest BCUT2D eigenvalue weighted by Crippen LogP contribution is 2.16. The summed E-state index contributed by atoms with van der Waals surface area (Å²) in [4.78, 5) is 16.1. The van der Waals surface area contributed by atoms with Crippen LogP contribution in [0.1, 0.15) is 31.4 Å². The van der Waals surface area contributed by atoms with Crippen molar-refractivity contribution in [3.05, 3.63) is 30.1 Å². The van der Waals surface area contributed by atoms with Gasteiger partial charge in [0.2, 0.25) is 5.91 Å². The Hall–Kier alpha value is -0.490. The van der Waals surface area contributed by atoms with Crippen LogP contribution in [0.4, 0.5) is 0 Å². The van der Waals surface area contributed by atoms with E-state index in [4.69, 9.17) is 0 Å². The molecule has 1 aromatic rings. The van der Waals surface area contributed by atoms with Gasteiger partial charge in [-0.25, -0.2) is 0 Å². The molecule has 0 aliphatic carbocycles. The molecule has 1 amide bonds. The highest BCUT2D eigenvalue weighted by molar-refractivity contribution is 7.99. The van der Waals surface area contributed by atoms with E-state index in [2.05, 4.69) is 22.5 Å². The van der Waals surface area contributed by atoms with Gasteiger partial charge in [-0.2, -0.15) is 11.8 Å². The molecule has 0 spiro atoms. The fourth-order valence-corrected chi connectivity index (χ4v) is 3.19. The summed E-state index contributed by atoms with van der Waals surface area (Å²) in [5.41, 5.74) is 1.12. The molecule has 0 radical (unpaired) electrons. The number of carbonyl (C=O) groups excluding carboxylic acids is 1. The Balaban J connectivity index is 0.00000200. The monoisotopic (exact) mass is 351 g/mol.